The summed E-state index contributed by atoms with van der Waals surface area (Å²) in [5.74, 6) is 0.379. The van der Waals surface area contributed by atoms with Gasteiger partial charge in [-0.25, -0.2) is 4.99 Å². The summed E-state index contributed by atoms with van der Waals surface area (Å²) in [7, 11) is 1.85. The second kappa shape index (κ2) is 9.21. The van der Waals surface area contributed by atoms with E-state index in [-0.39, 0.29) is 30.5 Å². The third-order valence-electron chi connectivity index (χ3n) is 3.10. The molecule has 0 spiro atoms. The lowest BCUT2D eigenvalue weighted by atomic mass is 10.2. The van der Waals surface area contributed by atoms with E-state index in [1.165, 1.54) is 0 Å². The van der Waals surface area contributed by atoms with E-state index >= 15 is 0 Å². The largest absolute Gasteiger partial charge is 0.390 e. The molecule has 0 aliphatic carbocycles. The Balaban J connectivity index is 0.00000441. The second-order valence-electron chi connectivity index (χ2n) is 4.76. The van der Waals surface area contributed by atoms with Crippen LogP contribution in [0.4, 0.5) is 13.2 Å². The van der Waals surface area contributed by atoms with Crippen molar-refractivity contribution < 1.29 is 13.2 Å². The van der Waals surface area contributed by atoms with Gasteiger partial charge in [-0.15, -0.1) is 24.0 Å². The number of hydrogen-bond donors (Lipinski definition) is 2. The van der Waals surface area contributed by atoms with Gasteiger partial charge < -0.3 is 10.6 Å². The number of halogens is 4. The Labute approximate surface area is 145 Å². The zero-order valence-corrected chi connectivity index (χ0v) is 15.5. The Hall–Kier alpha value is -1.00. The third-order valence-corrected chi connectivity index (χ3v) is 3.10. The molecule has 0 atom stereocenters. The highest BCUT2D eigenvalue weighted by Gasteiger charge is 2.26. The molecule has 2 N–H and O–H groups in total. The molecule has 1 aromatic heterocycles. The number of nitrogens with one attached hydrogen (secondary N) is 2. The maximum Gasteiger partial charge on any atom is 0.390 e. The molecule has 1 rings (SSSR count). The summed E-state index contributed by atoms with van der Waals surface area (Å²) in [5.41, 5.74) is 2.87. The zero-order chi connectivity index (χ0) is 16.0. The van der Waals surface area contributed by atoms with E-state index in [4.69, 9.17) is 0 Å². The minimum atomic E-state index is -4.17. The number of guanidine groups is 1. The van der Waals surface area contributed by atoms with Gasteiger partial charge in [0.1, 0.15) is 0 Å². The Morgan fingerprint density at radius 1 is 1.27 bits per heavy atom. The fraction of sp³-hybridized carbons (Fsp3) is 0.692. The van der Waals surface area contributed by atoms with Crippen molar-refractivity contribution in [3.8, 4) is 0 Å². The lowest BCUT2D eigenvalue weighted by Gasteiger charge is -2.12. The molecule has 0 bridgehead atoms. The molecule has 0 saturated heterocycles. The topological polar surface area (TPSA) is 54.2 Å². The Morgan fingerprint density at radius 3 is 2.36 bits per heavy atom. The SMILES string of the molecule is CCNC(=NCc1c(C)nn(C)c1C)NCCC(F)(F)F.I. The van der Waals surface area contributed by atoms with Gasteiger partial charge in [-0.2, -0.15) is 18.3 Å². The van der Waals surface area contributed by atoms with Gasteiger partial charge in [-0.1, -0.05) is 0 Å². The van der Waals surface area contributed by atoms with Crippen LogP contribution in [0.5, 0.6) is 0 Å². The fourth-order valence-corrected chi connectivity index (χ4v) is 1.87. The van der Waals surface area contributed by atoms with Crippen LogP contribution in [-0.4, -0.2) is 35.0 Å². The molecule has 1 aromatic rings. The van der Waals surface area contributed by atoms with Crippen molar-refractivity contribution in [2.24, 2.45) is 12.0 Å². The third kappa shape index (κ3) is 6.84. The van der Waals surface area contributed by atoms with Gasteiger partial charge >= 0.3 is 6.18 Å². The summed E-state index contributed by atoms with van der Waals surface area (Å²) in [6.45, 7) is 6.47. The summed E-state index contributed by atoms with van der Waals surface area (Å²) in [4.78, 5) is 4.31. The van der Waals surface area contributed by atoms with Crippen LogP contribution >= 0.6 is 24.0 Å². The number of aryl methyl sites for hydroxylation is 2. The van der Waals surface area contributed by atoms with Crippen molar-refractivity contribution in [1.82, 2.24) is 20.4 Å². The number of aliphatic imine (C=N–C) groups is 1. The smallest absolute Gasteiger partial charge is 0.357 e. The van der Waals surface area contributed by atoms with Crippen LogP contribution in [0.3, 0.4) is 0 Å². The fourth-order valence-electron chi connectivity index (χ4n) is 1.87. The first-order valence-corrected chi connectivity index (χ1v) is 6.82. The maximum atomic E-state index is 12.1. The molecule has 5 nitrogen and oxygen atoms in total. The van der Waals surface area contributed by atoms with E-state index in [0.717, 1.165) is 17.0 Å². The van der Waals surface area contributed by atoms with Crippen molar-refractivity contribution in [2.45, 2.75) is 39.9 Å². The minimum Gasteiger partial charge on any atom is -0.357 e. The van der Waals surface area contributed by atoms with Gasteiger partial charge in [0.2, 0.25) is 0 Å². The van der Waals surface area contributed by atoms with Gasteiger partial charge in [0.25, 0.3) is 0 Å². The van der Waals surface area contributed by atoms with Crippen molar-refractivity contribution >= 4 is 29.9 Å². The molecule has 9 heteroatoms. The maximum absolute atomic E-state index is 12.1. The molecule has 0 fully saturated rings. The molecular weight excluding hydrogens is 410 g/mol. The molecule has 1 heterocycles. The number of aromatic nitrogens is 2. The molecular formula is C13H23F3IN5. The summed E-state index contributed by atoms with van der Waals surface area (Å²) in [6, 6.07) is 0. The monoisotopic (exact) mass is 433 g/mol. The molecule has 128 valence electrons. The van der Waals surface area contributed by atoms with Crippen molar-refractivity contribution in [3.05, 3.63) is 17.0 Å². The van der Waals surface area contributed by atoms with E-state index in [0.29, 0.717) is 19.0 Å². The summed E-state index contributed by atoms with van der Waals surface area (Å²) >= 11 is 0. The van der Waals surface area contributed by atoms with E-state index in [1.807, 2.05) is 27.8 Å². The van der Waals surface area contributed by atoms with Crippen LogP contribution in [0.1, 0.15) is 30.3 Å². The van der Waals surface area contributed by atoms with Crippen LogP contribution in [0.2, 0.25) is 0 Å². The standard InChI is InChI=1S/C13H22F3N5.HI/c1-5-17-12(18-7-6-13(14,15)16)19-8-11-9(2)20-21(4)10(11)3;/h5-8H2,1-4H3,(H2,17,18,19);1H. The van der Waals surface area contributed by atoms with Gasteiger partial charge in [-0.05, 0) is 20.8 Å². The summed E-state index contributed by atoms with van der Waals surface area (Å²) in [6.07, 6.45) is -5.05. The zero-order valence-electron chi connectivity index (χ0n) is 13.2. The molecule has 0 amide bonds. The summed E-state index contributed by atoms with van der Waals surface area (Å²) < 4.78 is 38.2. The van der Waals surface area contributed by atoms with Crippen LogP contribution in [0.25, 0.3) is 0 Å². The highest BCUT2D eigenvalue weighted by Crippen LogP contribution is 2.18. The molecule has 0 saturated carbocycles. The normalized spacial score (nSPS) is 12.0. The van der Waals surface area contributed by atoms with E-state index in [1.54, 1.807) is 4.68 Å². The average Bonchev–Trinajstić information content (AvgIpc) is 2.59. The Kier molecular flexibility index (Phi) is 8.79. The quantitative estimate of drug-likeness (QED) is 0.427. The predicted molar refractivity (Wildman–Crippen MR) is 91.6 cm³/mol. The van der Waals surface area contributed by atoms with Crippen molar-refractivity contribution in [3.63, 3.8) is 0 Å². The first-order valence-electron chi connectivity index (χ1n) is 6.82. The number of rotatable bonds is 5. The van der Waals surface area contributed by atoms with E-state index < -0.39 is 12.6 Å². The van der Waals surface area contributed by atoms with Crippen LogP contribution in [-0.2, 0) is 13.6 Å². The van der Waals surface area contributed by atoms with Gasteiger partial charge in [-0.3, -0.25) is 4.68 Å². The molecule has 0 aliphatic heterocycles. The first kappa shape index (κ1) is 21.0. The molecule has 22 heavy (non-hydrogen) atoms. The lowest BCUT2D eigenvalue weighted by Crippen LogP contribution is -2.38. The minimum absolute atomic E-state index is 0. The van der Waals surface area contributed by atoms with Crippen molar-refractivity contribution in [1.29, 1.82) is 0 Å². The highest BCUT2D eigenvalue weighted by molar-refractivity contribution is 14.0. The predicted octanol–water partition coefficient (Wildman–Crippen LogP) is 2.66. The lowest BCUT2D eigenvalue weighted by molar-refractivity contribution is -0.132. The van der Waals surface area contributed by atoms with Crippen LogP contribution in [0, 0.1) is 13.8 Å². The molecule has 0 unspecified atom stereocenters. The number of hydrogen-bond acceptors (Lipinski definition) is 2. The van der Waals surface area contributed by atoms with E-state index in [9.17, 15) is 13.2 Å². The van der Waals surface area contributed by atoms with Gasteiger partial charge in [0.05, 0.1) is 18.7 Å². The second-order valence-corrected chi connectivity index (χ2v) is 4.76. The van der Waals surface area contributed by atoms with Crippen LogP contribution in [0.15, 0.2) is 4.99 Å². The Bertz CT molecular complexity index is 497. The Morgan fingerprint density at radius 2 is 1.91 bits per heavy atom. The average molecular weight is 433 g/mol. The molecule has 0 aliphatic rings. The molecule has 0 radical (unpaired) electrons. The number of alkyl halides is 3. The summed E-state index contributed by atoms with van der Waals surface area (Å²) in [5, 5.41) is 9.90. The van der Waals surface area contributed by atoms with E-state index in [2.05, 4.69) is 20.7 Å². The van der Waals surface area contributed by atoms with Gasteiger partial charge in [0.15, 0.2) is 5.96 Å². The van der Waals surface area contributed by atoms with Crippen LogP contribution < -0.4 is 10.6 Å². The van der Waals surface area contributed by atoms with Crippen molar-refractivity contribution in [2.75, 3.05) is 13.1 Å². The number of nitrogens with zero attached hydrogens (tertiary/aromatic N) is 3. The van der Waals surface area contributed by atoms with Gasteiger partial charge in [0, 0.05) is 31.4 Å². The first-order chi connectivity index (χ1) is 9.74. The highest BCUT2D eigenvalue weighted by atomic mass is 127. The molecule has 0 aromatic carbocycles.